The smallest absolute Gasteiger partial charge is 0.376 e. The molecule has 0 unspecified atom stereocenters. The van der Waals surface area contributed by atoms with E-state index in [9.17, 15) is 18.0 Å². The summed E-state index contributed by atoms with van der Waals surface area (Å²) in [4.78, 5) is 12.0. The lowest BCUT2D eigenvalue weighted by molar-refractivity contribution is -0.137. The van der Waals surface area contributed by atoms with Gasteiger partial charge in [-0.1, -0.05) is 17.7 Å². The van der Waals surface area contributed by atoms with Crippen LogP contribution in [0.2, 0.25) is 0 Å². The summed E-state index contributed by atoms with van der Waals surface area (Å²) in [7, 11) is 0. The Morgan fingerprint density at radius 1 is 1.00 bits per heavy atom. The van der Waals surface area contributed by atoms with Gasteiger partial charge in [-0.05, 0) is 56.2 Å². The number of aryl methyl sites for hydroxylation is 3. The number of carbonyl (C=O) groups is 1. The molecule has 24 heavy (non-hydrogen) atoms. The van der Waals surface area contributed by atoms with Crippen molar-refractivity contribution in [2.75, 3.05) is 17.2 Å². The number of benzene rings is 2. The molecule has 3 nitrogen and oxygen atoms in total. The molecule has 2 rings (SSSR count). The molecule has 0 aliphatic heterocycles. The molecule has 0 atom stereocenters. The van der Waals surface area contributed by atoms with Gasteiger partial charge in [-0.3, -0.25) is 4.79 Å². The lowest BCUT2D eigenvalue weighted by atomic mass is 10.1. The van der Waals surface area contributed by atoms with Crippen LogP contribution in [0.1, 0.15) is 22.3 Å². The first-order valence-corrected chi connectivity index (χ1v) is 7.45. The zero-order chi connectivity index (χ0) is 17.9. The maximum absolute atomic E-state index is 12.5. The van der Waals surface area contributed by atoms with Crippen LogP contribution in [0.15, 0.2) is 36.4 Å². The van der Waals surface area contributed by atoms with Crippen molar-refractivity contribution in [3.8, 4) is 0 Å². The summed E-state index contributed by atoms with van der Waals surface area (Å²) in [5.41, 5.74) is 3.69. The minimum Gasteiger partial charge on any atom is -0.376 e. The molecule has 0 fully saturated rings. The molecule has 2 aromatic rings. The lowest BCUT2D eigenvalue weighted by Gasteiger charge is -2.14. The van der Waals surface area contributed by atoms with E-state index < -0.39 is 11.7 Å². The zero-order valence-electron chi connectivity index (χ0n) is 13.7. The summed E-state index contributed by atoms with van der Waals surface area (Å²) in [5, 5.41) is 5.64. The van der Waals surface area contributed by atoms with Gasteiger partial charge in [-0.25, -0.2) is 0 Å². The van der Waals surface area contributed by atoms with Gasteiger partial charge in [0, 0.05) is 11.4 Å². The summed E-state index contributed by atoms with van der Waals surface area (Å²) >= 11 is 0. The molecule has 1 amide bonds. The van der Waals surface area contributed by atoms with Gasteiger partial charge in [0.15, 0.2) is 0 Å². The predicted molar refractivity (Wildman–Crippen MR) is 89.2 cm³/mol. The quantitative estimate of drug-likeness (QED) is 0.851. The maximum atomic E-state index is 12.5. The molecule has 0 saturated carbocycles. The molecule has 2 aromatic carbocycles. The van der Waals surface area contributed by atoms with Crippen molar-refractivity contribution >= 4 is 17.3 Å². The summed E-state index contributed by atoms with van der Waals surface area (Å²) in [6.45, 7) is 5.94. The van der Waals surface area contributed by atoms with Crippen molar-refractivity contribution in [3.63, 3.8) is 0 Å². The SMILES string of the molecule is Cc1cc(C)c(NCC(=O)Nc2ccc(C(F)(F)F)cc2)c(C)c1. The van der Waals surface area contributed by atoms with Crippen LogP contribution in [0.25, 0.3) is 0 Å². The van der Waals surface area contributed by atoms with Gasteiger partial charge in [-0.2, -0.15) is 13.2 Å². The fourth-order valence-electron chi connectivity index (χ4n) is 2.58. The molecule has 0 aliphatic carbocycles. The van der Waals surface area contributed by atoms with Crippen LogP contribution in [0.4, 0.5) is 24.5 Å². The number of nitrogens with one attached hydrogen (secondary N) is 2. The molecule has 0 aliphatic rings. The first-order chi connectivity index (χ1) is 11.2. The number of carbonyl (C=O) groups excluding carboxylic acids is 1. The van der Waals surface area contributed by atoms with Crippen LogP contribution in [-0.2, 0) is 11.0 Å². The average molecular weight is 336 g/mol. The first kappa shape index (κ1) is 17.8. The van der Waals surface area contributed by atoms with E-state index in [1.165, 1.54) is 12.1 Å². The molecule has 0 heterocycles. The van der Waals surface area contributed by atoms with E-state index in [2.05, 4.69) is 10.6 Å². The normalized spacial score (nSPS) is 11.2. The van der Waals surface area contributed by atoms with Crippen molar-refractivity contribution < 1.29 is 18.0 Å². The second-order valence-corrected chi connectivity index (χ2v) is 5.75. The summed E-state index contributed by atoms with van der Waals surface area (Å²) < 4.78 is 37.5. The molecule has 0 radical (unpaired) electrons. The number of hydrogen-bond donors (Lipinski definition) is 2. The highest BCUT2D eigenvalue weighted by molar-refractivity contribution is 5.94. The van der Waals surface area contributed by atoms with Gasteiger partial charge >= 0.3 is 6.18 Å². The Hall–Kier alpha value is -2.50. The minimum atomic E-state index is -4.38. The Balaban J connectivity index is 1.97. The lowest BCUT2D eigenvalue weighted by Crippen LogP contribution is -2.22. The fraction of sp³-hybridized carbons (Fsp3) is 0.278. The molecule has 128 valence electrons. The number of halogens is 3. The van der Waals surface area contributed by atoms with Crippen molar-refractivity contribution in [2.45, 2.75) is 26.9 Å². The van der Waals surface area contributed by atoms with Crippen LogP contribution >= 0.6 is 0 Å². The highest BCUT2D eigenvalue weighted by Crippen LogP contribution is 2.29. The molecule has 0 saturated heterocycles. The molecule has 0 aromatic heterocycles. The van der Waals surface area contributed by atoms with Gasteiger partial charge < -0.3 is 10.6 Å². The Morgan fingerprint density at radius 3 is 2.04 bits per heavy atom. The van der Waals surface area contributed by atoms with Gasteiger partial charge in [-0.15, -0.1) is 0 Å². The average Bonchev–Trinajstić information content (AvgIpc) is 2.45. The highest BCUT2D eigenvalue weighted by atomic mass is 19.4. The third-order valence-corrected chi connectivity index (χ3v) is 3.60. The monoisotopic (exact) mass is 336 g/mol. The molecule has 0 spiro atoms. The maximum Gasteiger partial charge on any atom is 0.416 e. The van der Waals surface area contributed by atoms with Crippen LogP contribution in [-0.4, -0.2) is 12.5 Å². The Labute approximate surface area is 138 Å². The second kappa shape index (κ2) is 6.95. The van der Waals surface area contributed by atoms with E-state index in [0.29, 0.717) is 5.69 Å². The number of amides is 1. The van der Waals surface area contributed by atoms with Gasteiger partial charge in [0.05, 0.1) is 12.1 Å². The van der Waals surface area contributed by atoms with Gasteiger partial charge in [0.25, 0.3) is 0 Å². The van der Waals surface area contributed by atoms with Crippen LogP contribution < -0.4 is 10.6 Å². The Bertz CT molecular complexity index is 714. The van der Waals surface area contributed by atoms with Crippen LogP contribution in [0, 0.1) is 20.8 Å². The van der Waals surface area contributed by atoms with Crippen molar-refractivity contribution in [1.29, 1.82) is 0 Å². The number of hydrogen-bond acceptors (Lipinski definition) is 2. The van der Waals surface area contributed by atoms with E-state index in [1.807, 2.05) is 32.9 Å². The fourth-order valence-corrected chi connectivity index (χ4v) is 2.58. The van der Waals surface area contributed by atoms with E-state index in [-0.39, 0.29) is 12.5 Å². The molecule has 6 heteroatoms. The van der Waals surface area contributed by atoms with E-state index in [4.69, 9.17) is 0 Å². The molecule has 0 bridgehead atoms. The number of rotatable bonds is 4. The zero-order valence-corrected chi connectivity index (χ0v) is 13.7. The Kier molecular flexibility index (Phi) is 5.17. The molecule has 2 N–H and O–H groups in total. The molecular formula is C18H19F3N2O. The topological polar surface area (TPSA) is 41.1 Å². The highest BCUT2D eigenvalue weighted by Gasteiger charge is 2.29. The largest absolute Gasteiger partial charge is 0.416 e. The van der Waals surface area contributed by atoms with Crippen LogP contribution in [0.3, 0.4) is 0 Å². The van der Waals surface area contributed by atoms with E-state index in [0.717, 1.165) is 34.5 Å². The predicted octanol–water partition coefficient (Wildman–Crippen LogP) is 4.68. The Morgan fingerprint density at radius 2 is 1.54 bits per heavy atom. The first-order valence-electron chi connectivity index (χ1n) is 7.45. The van der Waals surface area contributed by atoms with Gasteiger partial charge in [0.2, 0.25) is 5.91 Å². The standard InChI is InChI=1S/C18H19F3N2O/c1-11-8-12(2)17(13(3)9-11)22-10-16(24)23-15-6-4-14(5-7-15)18(19,20)21/h4-9,22H,10H2,1-3H3,(H,23,24). The third kappa shape index (κ3) is 4.50. The van der Waals surface area contributed by atoms with Crippen molar-refractivity contribution in [1.82, 2.24) is 0 Å². The van der Waals surface area contributed by atoms with Crippen LogP contribution in [0.5, 0.6) is 0 Å². The third-order valence-electron chi connectivity index (χ3n) is 3.60. The molecular weight excluding hydrogens is 317 g/mol. The van der Waals surface area contributed by atoms with Crippen molar-refractivity contribution in [2.24, 2.45) is 0 Å². The van der Waals surface area contributed by atoms with E-state index in [1.54, 1.807) is 0 Å². The second-order valence-electron chi connectivity index (χ2n) is 5.75. The number of alkyl halides is 3. The van der Waals surface area contributed by atoms with Gasteiger partial charge in [0.1, 0.15) is 0 Å². The summed E-state index contributed by atoms with van der Waals surface area (Å²) in [5.74, 6) is -0.325. The van der Waals surface area contributed by atoms with Crippen molar-refractivity contribution in [3.05, 3.63) is 58.7 Å². The minimum absolute atomic E-state index is 0.0335. The summed E-state index contributed by atoms with van der Waals surface area (Å²) in [6.07, 6.45) is -4.38. The number of anilines is 2. The van der Waals surface area contributed by atoms with E-state index >= 15 is 0 Å². The summed E-state index contributed by atoms with van der Waals surface area (Å²) in [6, 6.07) is 8.40.